The van der Waals surface area contributed by atoms with Crippen LogP contribution < -0.4 is 5.73 Å². The molecule has 0 aliphatic heterocycles. The van der Waals surface area contributed by atoms with E-state index < -0.39 is 0 Å². The molecular formula is C9H10BrN5. The lowest BCUT2D eigenvalue weighted by Crippen LogP contribution is -2.07. The van der Waals surface area contributed by atoms with Crippen LogP contribution in [0.3, 0.4) is 0 Å². The van der Waals surface area contributed by atoms with Crippen molar-refractivity contribution in [2.75, 3.05) is 0 Å². The second-order valence-corrected chi connectivity index (χ2v) is 4.00. The maximum atomic E-state index is 5.53. The number of hydrogen-bond donors (Lipinski definition) is 1. The van der Waals surface area contributed by atoms with Gasteiger partial charge in [0.2, 0.25) is 0 Å². The van der Waals surface area contributed by atoms with Crippen molar-refractivity contribution in [2.45, 2.75) is 13.5 Å². The number of hydrogen-bond acceptors (Lipinski definition) is 4. The number of halogens is 1. The third-order valence-electron chi connectivity index (χ3n) is 2.04. The Hall–Kier alpha value is -1.27. The quantitative estimate of drug-likeness (QED) is 0.888. The standard InChI is InChI=1S/C9H10BrN5/c1-6-7(2-11)3-12-9(14-6)15-5-8(10)4-13-15/h3-5H,2,11H2,1H3. The van der Waals surface area contributed by atoms with Gasteiger partial charge in [0.1, 0.15) is 0 Å². The second kappa shape index (κ2) is 4.08. The molecule has 0 amide bonds. The molecule has 2 aromatic heterocycles. The Morgan fingerprint density at radius 2 is 2.27 bits per heavy atom. The Morgan fingerprint density at radius 1 is 1.47 bits per heavy atom. The number of nitrogens with zero attached hydrogens (tertiary/aromatic N) is 4. The smallest absolute Gasteiger partial charge is 0.250 e. The van der Waals surface area contributed by atoms with Gasteiger partial charge in [0, 0.05) is 30.2 Å². The predicted octanol–water partition coefficient (Wildman–Crippen LogP) is 1.19. The van der Waals surface area contributed by atoms with Crippen LogP contribution in [-0.2, 0) is 6.54 Å². The zero-order chi connectivity index (χ0) is 10.8. The molecular weight excluding hydrogens is 258 g/mol. The number of aromatic nitrogens is 4. The van der Waals surface area contributed by atoms with E-state index in [0.29, 0.717) is 12.5 Å². The van der Waals surface area contributed by atoms with Crippen LogP contribution in [-0.4, -0.2) is 19.7 Å². The third-order valence-corrected chi connectivity index (χ3v) is 2.45. The number of aryl methyl sites for hydroxylation is 1. The van der Waals surface area contributed by atoms with E-state index in [9.17, 15) is 0 Å². The Bertz CT molecular complexity index is 479. The molecule has 0 spiro atoms. The third kappa shape index (κ3) is 2.05. The van der Waals surface area contributed by atoms with E-state index in [1.54, 1.807) is 23.3 Å². The van der Waals surface area contributed by atoms with E-state index in [1.165, 1.54) is 0 Å². The Labute approximate surface area is 95.5 Å². The molecule has 0 atom stereocenters. The first kappa shape index (κ1) is 10.3. The Kier molecular flexibility index (Phi) is 2.79. The summed E-state index contributed by atoms with van der Waals surface area (Å²) in [5, 5.41) is 4.10. The second-order valence-electron chi connectivity index (χ2n) is 3.09. The van der Waals surface area contributed by atoms with E-state index in [-0.39, 0.29) is 0 Å². The molecule has 5 nitrogen and oxygen atoms in total. The summed E-state index contributed by atoms with van der Waals surface area (Å²) in [6, 6.07) is 0. The van der Waals surface area contributed by atoms with Crippen molar-refractivity contribution < 1.29 is 0 Å². The Morgan fingerprint density at radius 3 is 2.80 bits per heavy atom. The zero-order valence-corrected chi connectivity index (χ0v) is 9.77. The number of nitrogens with two attached hydrogens (primary N) is 1. The van der Waals surface area contributed by atoms with Crippen LogP contribution in [0.1, 0.15) is 11.3 Å². The summed E-state index contributed by atoms with van der Waals surface area (Å²) in [6.07, 6.45) is 5.22. The minimum absolute atomic E-state index is 0.453. The van der Waals surface area contributed by atoms with Crippen LogP contribution in [0.25, 0.3) is 5.95 Å². The van der Waals surface area contributed by atoms with Gasteiger partial charge in [0.15, 0.2) is 0 Å². The van der Waals surface area contributed by atoms with Crippen LogP contribution >= 0.6 is 15.9 Å². The van der Waals surface area contributed by atoms with Gasteiger partial charge in [-0.3, -0.25) is 0 Å². The predicted molar refractivity (Wildman–Crippen MR) is 59.5 cm³/mol. The van der Waals surface area contributed by atoms with Gasteiger partial charge in [0.05, 0.1) is 10.7 Å². The molecule has 2 N–H and O–H groups in total. The highest BCUT2D eigenvalue weighted by Gasteiger charge is 2.04. The van der Waals surface area contributed by atoms with Gasteiger partial charge in [0.25, 0.3) is 5.95 Å². The maximum Gasteiger partial charge on any atom is 0.250 e. The van der Waals surface area contributed by atoms with E-state index in [2.05, 4.69) is 31.0 Å². The molecule has 0 radical (unpaired) electrons. The normalized spacial score (nSPS) is 10.6. The molecule has 0 unspecified atom stereocenters. The summed E-state index contributed by atoms with van der Waals surface area (Å²) >= 11 is 3.32. The van der Waals surface area contributed by atoms with Gasteiger partial charge in [-0.2, -0.15) is 5.10 Å². The van der Waals surface area contributed by atoms with Crippen molar-refractivity contribution in [3.63, 3.8) is 0 Å². The van der Waals surface area contributed by atoms with E-state index >= 15 is 0 Å². The largest absolute Gasteiger partial charge is 0.326 e. The highest BCUT2D eigenvalue weighted by atomic mass is 79.9. The first-order valence-corrected chi connectivity index (χ1v) is 5.23. The first-order chi connectivity index (χ1) is 7.20. The van der Waals surface area contributed by atoms with E-state index in [4.69, 9.17) is 5.73 Å². The molecule has 0 bridgehead atoms. The maximum absolute atomic E-state index is 5.53. The average Bonchev–Trinajstić information content (AvgIpc) is 2.65. The first-order valence-electron chi connectivity index (χ1n) is 4.44. The summed E-state index contributed by atoms with van der Waals surface area (Å²) in [4.78, 5) is 8.50. The summed E-state index contributed by atoms with van der Waals surface area (Å²) in [7, 11) is 0. The minimum Gasteiger partial charge on any atom is -0.326 e. The van der Waals surface area contributed by atoms with Crippen molar-refractivity contribution in [2.24, 2.45) is 5.73 Å². The van der Waals surface area contributed by atoms with Crippen LogP contribution in [0.4, 0.5) is 0 Å². The fourth-order valence-corrected chi connectivity index (χ4v) is 1.49. The fraction of sp³-hybridized carbons (Fsp3) is 0.222. The summed E-state index contributed by atoms with van der Waals surface area (Å²) in [5.41, 5.74) is 7.37. The molecule has 0 aliphatic carbocycles. The topological polar surface area (TPSA) is 69.6 Å². The molecule has 0 aromatic carbocycles. The van der Waals surface area contributed by atoms with E-state index in [0.717, 1.165) is 15.7 Å². The van der Waals surface area contributed by atoms with Gasteiger partial charge in [-0.05, 0) is 22.9 Å². The van der Waals surface area contributed by atoms with Gasteiger partial charge in [-0.25, -0.2) is 14.6 Å². The molecule has 2 heterocycles. The van der Waals surface area contributed by atoms with Gasteiger partial charge < -0.3 is 5.73 Å². The molecule has 15 heavy (non-hydrogen) atoms. The van der Waals surface area contributed by atoms with Crippen molar-refractivity contribution in [3.05, 3.63) is 34.3 Å². The van der Waals surface area contributed by atoms with Gasteiger partial charge >= 0.3 is 0 Å². The molecule has 0 saturated carbocycles. The summed E-state index contributed by atoms with van der Waals surface area (Å²) in [5.74, 6) is 0.551. The minimum atomic E-state index is 0.453. The molecule has 0 saturated heterocycles. The molecule has 2 aromatic rings. The van der Waals surface area contributed by atoms with Crippen molar-refractivity contribution >= 4 is 15.9 Å². The van der Waals surface area contributed by atoms with Crippen LogP contribution in [0, 0.1) is 6.92 Å². The molecule has 6 heteroatoms. The zero-order valence-electron chi connectivity index (χ0n) is 8.18. The highest BCUT2D eigenvalue weighted by Crippen LogP contribution is 2.10. The Balaban J connectivity index is 2.42. The van der Waals surface area contributed by atoms with Crippen LogP contribution in [0.5, 0.6) is 0 Å². The lowest BCUT2D eigenvalue weighted by Gasteiger charge is -2.03. The number of rotatable bonds is 2. The molecule has 0 aliphatic rings. The lowest BCUT2D eigenvalue weighted by atomic mass is 10.2. The average molecular weight is 268 g/mol. The SMILES string of the molecule is Cc1nc(-n2cc(Br)cn2)ncc1CN. The highest BCUT2D eigenvalue weighted by molar-refractivity contribution is 9.10. The van der Waals surface area contributed by atoms with Crippen molar-refractivity contribution in [1.82, 2.24) is 19.7 Å². The van der Waals surface area contributed by atoms with Crippen molar-refractivity contribution in [3.8, 4) is 5.95 Å². The molecule has 0 fully saturated rings. The van der Waals surface area contributed by atoms with Gasteiger partial charge in [-0.15, -0.1) is 0 Å². The van der Waals surface area contributed by atoms with Crippen LogP contribution in [0.2, 0.25) is 0 Å². The summed E-state index contributed by atoms with van der Waals surface area (Å²) in [6.45, 7) is 2.36. The van der Waals surface area contributed by atoms with Gasteiger partial charge in [-0.1, -0.05) is 0 Å². The monoisotopic (exact) mass is 267 g/mol. The lowest BCUT2D eigenvalue weighted by molar-refractivity contribution is 0.791. The van der Waals surface area contributed by atoms with Crippen molar-refractivity contribution in [1.29, 1.82) is 0 Å². The van der Waals surface area contributed by atoms with E-state index in [1.807, 2.05) is 6.92 Å². The fourth-order valence-electron chi connectivity index (χ4n) is 1.20. The molecule has 2 rings (SSSR count). The molecule has 78 valence electrons. The summed E-state index contributed by atoms with van der Waals surface area (Å²) < 4.78 is 2.50. The van der Waals surface area contributed by atoms with Crippen LogP contribution in [0.15, 0.2) is 23.1 Å².